The number of rotatable bonds is 3. The lowest BCUT2D eigenvalue weighted by Crippen LogP contribution is -2.19. The summed E-state index contributed by atoms with van der Waals surface area (Å²) in [6.07, 6.45) is -3.68. The zero-order valence-electron chi connectivity index (χ0n) is 10.3. The highest BCUT2D eigenvalue weighted by Crippen LogP contribution is 2.28. The fourth-order valence-corrected chi connectivity index (χ4v) is 1.63. The van der Waals surface area contributed by atoms with Crippen molar-refractivity contribution in [1.29, 1.82) is 0 Å². The Kier molecular flexibility index (Phi) is 3.39. The Hall–Kier alpha value is -2.51. The molecule has 2 rings (SSSR count). The van der Waals surface area contributed by atoms with Crippen molar-refractivity contribution >= 4 is 11.6 Å². The molecule has 0 atom stereocenters. The Morgan fingerprint density at radius 2 is 1.95 bits per heavy atom. The largest absolute Gasteiger partial charge is 0.573 e. The van der Waals surface area contributed by atoms with Crippen LogP contribution in [0.4, 0.5) is 19.0 Å². The Bertz CT molecular complexity index is 650. The van der Waals surface area contributed by atoms with Crippen LogP contribution in [-0.4, -0.2) is 21.9 Å². The van der Waals surface area contributed by atoms with Crippen molar-refractivity contribution in [2.75, 3.05) is 5.73 Å². The van der Waals surface area contributed by atoms with Crippen LogP contribution < -0.4 is 10.5 Å². The maximum atomic E-state index is 12.3. The van der Waals surface area contributed by atoms with Crippen molar-refractivity contribution in [2.45, 2.75) is 6.36 Å². The van der Waals surface area contributed by atoms with Gasteiger partial charge in [-0.15, -0.1) is 13.2 Å². The summed E-state index contributed by atoms with van der Waals surface area (Å²) in [4.78, 5) is 12.2. The molecule has 2 aromatic rings. The highest BCUT2D eigenvalue weighted by molar-refractivity contribution is 6.13. The van der Waals surface area contributed by atoms with Crippen LogP contribution in [0.1, 0.15) is 15.9 Å². The molecule has 0 fully saturated rings. The van der Waals surface area contributed by atoms with Crippen LogP contribution in [0.3, 0.4) is 0 Å². The minimum atomic E-state index is -4.88. The lowest BCUT2D eigenvalue weighted by molar-refractivity contribution is -0.274. The van der Waals surface area contributed by atoms with Crippen LogP contribution in [0.15, 0.2) is 30.5 Å². The number of ether oxygens (including phenoxy) is 1. The highest BCUT2D eigenvalue weighted by Gasteiger charge is 2.33. The van der Waals surface area contributed by atoms with Gasteiger partial charge in [0.15, 0.2) is 0 Å². The molecule has 106 valence electrons. The van der Waals surface area contributed by atoms with E-state index in [9.17, 15) is 18.0 Å². The van der Waals surface area contributed by atoms with Gasteiger partial charge in [0.05, 0.1) is 17.3 Å². The maximum Gasteiger partial charge on any atom is 0.573 e. The number of nitrogens with two attached hydrogens (primary N) is 1. The number of halogens is 3. The zero-order chi connectivity index (χ0) is 14.9. The molecule has 1 aromatic carbocycles. The number of alkyl halides is 3. The predicted octanol–water partition coefficient (Wildman–Crippen LogP) is 2.13. The third-order valence-electron chi connectivity index (χ3n) is 2.59. The molecule has 5 nitrogen and oxygen atoms in total. The van der Waals surface area contributed by atoms with E-state index in [4.69, 9.17) is 5.73 Å². The molecule has 0 unspecified atom stereocenters. The SMILES string of the molecule is Cn1ncc(C(=O)c2ccccc2OC(F)(F)F)c1N. The van der Waals surface area contributed by atoms with E-state index < -0.39 is 17.9 Å². The van der Waals surface area contributed by atoms with E-state index in [-0.39, 0.29) is 16.9 Å². The molecule has 0 saturated heterocycles. The molecule has 0 aliphatic heterocycles. The average Bonchev–Trinajstić information content (AvgIpc) is 2.68. The molecule has 0 amide bonds. The highest BCUT2D eigenvalue weighted by atomic mass is 19.4. The van der Waals surface area contributed by atoms with Crippen LogP contribution in [0.2, 0.25) is 0 Å². The van der Waals surface area contributed by atoms with E-state index in [0.29, 0.717) is 0 Å². The molecule has 8 heteroatoms. The summed E-state index contributed by atoms with van der Waals surface area (Å²) < 4.78 is 42.0. The van der Waals surface area contributed by atoms with Crippen molar-refractivity contribution in [2.24, 2.45) is 7.05 Å². The fourth-order valence-electron chi connectivity index (χ4n) is 1.63. The molecule has 20 heavy (non-hydrogen) atoms. The molecule has 1 heterocycles. The first kappa shape index (κ1) is 13.9. The Morgan fingerprint density at radius 1 is 1.30 bits per heavy atom. The van der Waals surface area contributed by atoms with Gasteiger partial charge in [-0.2, -0.15) is 5.10 Å². The van der Waals surface area contributed by atoms with Gasteiger partial charge < -0.3 is 10.5 Å². The first-order valence-electron chi connectivity index (χ1n) is 5.46. The van der Waals surface area contributed by atoms with Crippen LogP contribution in [-0.2, 0) is 7.05 Å². The van der Waals surface area contributed by atoms with Gasteiger partial charge >= 0.3 is 6.36 Å². The van der Waals surface area contributed by atoms with Crippen LogP contribution in [0, 0.1) is 0 Å². The second kappa shape index (κ2) is 4.87. The number of aryl methyl sites for hydroxylation is 1. The fraction of sp³-hybridized carbons (Fsp3) is 0.167. The molecular formula is C12H10F3N3O2. The van der Waals surface area contributed by atoms with E-state index in [0.717, 1.165) is 6.07 Å². The monoisotopic (exact) mass is 285 g/mol. The topological polar surface area (TPSA) is 70.1 Å². The Labute approximate surface area is 111 Å². The number of nitrogen functional groups attached to an aromatic ring is 1. The quantitative estimate of drug-likeness (QED) is 0.877. The third kappa shape index (κ3) is 2.73. The van der Waals surface area contributed by atoms with Gasteiger partial charge in [0.1, 0.15) is 11.6 Å². The third-order valence-corrected chi connectivity index (χ3v) is 2.59. The lowest BCUT2D eigenvalue weighted by Gasteiger charge is -2.12. The van der Waals surface area contributed by atoms with Crippen molar-refractivity contribution in [1.82, 2.24) is 9.78 Å². The van der Waals surface area contributed by atoms with Crippen LogP contribution in [0.5, 0.6) is 5.75 Å². The van der Waals surface area contributed by atoms with Gasteiger partial charge in [0.2, 0.25) is 5.78 Å². The van der Waals surface area contributed by atoms with E-state index in [1.54, 1.807) is 0 Å². The number of ketones is 1. The molecular weight excluding hydrogens is 275 g/mol. The van der Waals surface area contributed by atoms with Gasteiger partial charge in [0, 0.05) is 7.05 Å². The van der Waals surface area contributed by atoms with Crippen molar-refractivity contribution in [3.8, 4) is 5.75 Å². The summed E-state index contributed by atoms with van der Waals surface area (Å²) in [6, 6.07) is 5.07. The number of hydrogen-bond donors (Lipinski definition) is 1. The second-order valence-corrected chi connectivity index (χ2v) is 3.94. The molecule has 0 aliphatic rings. The number of carbonyl (C=O) groups excluding carboxylic acids is 1. The summed E-state index contributed by atoms with van der Waals surface area (Å²) in [5, 5.41) is 3.77. The van der Waals surface area contributed by atoms with Crippen molar-refractivity contribution in [3.63, 3.8) is 0 Å². The van der Waals surface area contributed by atoms with Crippen LogP contribution in [0.25, 0.3) is 0 Å². The van der Waals surface area contributed by atoms with Gasteiger partial charge in [0.25, 0.3) is 0 Å². The molecule has 1 aromatic heterocycles. The van der Waals surface area contributed by atoms with Crippen molar-refractivity contribution in [3.05, 3.63) is 41.6 Å². The molecule has 2 N–H and O–H groups in total. The maximum absolute atomic E-state index is 12.3. The second-order valence-electron chi connectivity index (χ2n) is 3.94. The first-order chi connectivity index (χ1) is 9.29. The standard InChI is InChI=1S/C12H10F3N3O2/c1-18-11(16)8(6-17-18)10(19)7-4-2-3-5-9(7)20-12(13,14)15/h2-6H,16H2,1H3. The minimum Gasteiger partial charge on any atom is -0.405 e. The first-order valence-corrected chi connectivity index (χ1v) is 5.46. The molecule has 0 radical (unpaired) electrons. The number of hydrogen-bond acceptors (Lipinski definition) is 4. The number of aromatic nitrogens is 2. The molecule has 0 saturated carbocycles. The Morgan fingerprint density at radius 3 is 2.50 bits per heavy atom. The number of nitrogens with zero attached hydrogens (tertiary/aromatic N) is 2. The molecule has 0 bridgehead atoms. The number of carbonyl (C=O) groups is 1. The minimum absolute atomic E-state index is 0.0192. The van der Waals surface area contributed by atoms with Gasteiger partial charge in [-0.25, -0.2) is 0 Å². The normalized spacial score (nSPS) is 11.4. The average molecular weight is 285 g/mol. The van der Waals surface area contributed by atoms with E-state index in [2.05, 4.69) is 9.84 Å². The zero-order valence-corrected chi connectivity index (χ0v) is 10.3. The predicted molar refractivity (Wildman–Crippen MR) is 64.2 cm³/mol. The lowest BCUT2D eigenvalue weighted by atomic mass is 10.0. The van der Waals surface area contributed by atoms with Crippen LogP contribution >= 0.6 is 0 Å². The summed E-state index contributed by atoms with van der Waals surface area (Å²) >= 11 is 0. The molecule has 0 spiro atoms. The Balaban J connectivity index is 2.43. The smallest absolute Gasteiger partial charge is 0.405 e. The van der Waals surface area contributed by atoms with Gasteiger partial charge in [-0.05, 0) is 12.1 Å². The summed E-state index contributed by atoms with van der Waals surface area (Å²) in [7, 11) is 1.52. The number of anilines is 1. The number of benzene rings is 1. The van der Waals surface area contributed by atoms with Gasteiger partial charge in [-0.1, -0.05) is 12.1 Å². The van der Waals surface area contributed by atoms with E-state index >= 15 is 0 Å². The van der Waals surface area contributed by atoms with Crippen molar-refractivity contribution < 1.29 is 22.7 Å². The summed E-state index contributed by atoms with van der Waals surface area (Å²) in [6.45, 7) is 0. The summed E-state index contributed by atoms with van der Waals surface area (Å²) in [5.74, 6) is -1.19. The summed E-state index contributed by atoms with van der Waals surface area (Å²) in [5.41, 5.74) is 5.42. The number of para-hydroxylation sites is 1. The molecule has 0 aliphatic carbocycles. The van der Waals surface area contributed by atoms with E-state index in [1.165, 1.54) is 36.1 Å². The van der Waals surface area contributed by atoms with E-state index in [1.807, 2.05) is 0 Å². The van der Waals surface area contributed by atoms with Gasteiger partial charge in [-0.3, -0.25) is 9.48 Å².